The fourth-order valence-corrected chi connectivity index (χ4v) is 2.64. The summed E-state index contributed by atoms with van der Waals surface area (Å²) in [6.45, 7) is 6.84. The molecule has 3 nitrogen and oxygen atoms in total. The van der Waals surface area contributed by atoms with Gasteiger partial charge >= 0.3 is 0 Å². The molecule has 0 aromatic carbocycles. The van der Waals surface area contributed by atoms with Crippen LogP contribution in [-0.2, 0) is 0 Å². The van der Waals surface area contributed by atoms with E-state index in [1.807, 2.05) is 19.3 Å². The van der Waals surface area contributed by atoms with E-state index in [1.54, 1.807) is 0 Å². The molecule has 1 N–H and O–H groups in total. The molecule has 3 heteroatoms. The Morgan fingerprint density at radius 2 is 2.22 bits per heavy atom. The Balaban J connectivity index is 2.21. The minimum atomic E-state index is 0.356. The number of hydrogen-bond acceptors (Lipinski definition) is 3. The van der Waals surface area contributed by atoms with E-state index in [1.165, 1.54) is 30.6 Å². The average molecular weight is 247 g/mol. The van der Waals surface area contributed by atoms with Crippen LogP contribution in [0.4, 0.5) is 5.82 Å². The van der Waals surface area contributed by atoms with Crippen molar-refractivity contribution < 1.29 is 0 Å². The second-order valence-corrected chi connectivity index (χ2v) is 5.45. The quantitative estimate of drug-likeness (QED) is 0.890. The number of anilines is 1. The molecule has 1 saturated heterocycles. The van der Waals surface area contributed by atoms with Crippen LogP contribution in [0.5, 0.6) is 0 Å². The molecule has 0 amide bonds. The first-order valence-electron chi connectivity index (χ1n) is 7.09. The molecule has 0 aliphatic carbocycles. The first kappa shape index (κ1) is 13.3. The Bertz CT molecular complexity index is 378. The number of hydrogen-bond donors (Lipinski definition) is 1. The Kier molecular flexibility index (Phi) is 4.59. The highest BCUT2D eigenvalue weighted by molar-refractivity contribution is 5.48. The maximum Gasteiger partial charge on any atom is 0.133 e. The topological polar surface area (TPSA) is 28.2 Å². The van der Waals surface area contributed by atoms with Crippen LogP contribution in [0.1, 0.15) is 44.7 Å². The molecule has 0 radical (unpaired) electrons. The van der Waals surface area contributed by atoms with Crippen LogP contribution in [0.2, 0.25) is 0 Å². The fourth-order valence-electron chi connectivity index (χ4n) is 2.64. The summed E-state index contributed by atoms with van der Waals surface area (Å²) in [4.78, 5) is 7.09. The molecule has 1 aliphatic heterocycles. The van der Waals surface area contributed by atoms with E-state index < -0.39 is 0 Å². The zero-order chi connectivity index (χ0) is 13.0. The van der Waals surface area contributed by atoms with Crippen LogP contribution in [0.15, 0.2) is 18.3 Å². The predicted molar refractivity (Wildman–Crippen MR) is 76.9 cm³/mol. The number of pyridine rings is 1. The van der Waals surface area contributed by atoms with E-state index >= 15 is 0 Å². The summed E-state index contributed by atoms with van der Waals surface area (Å²) in [6, 6.07) is 4.58. The highest BCUT2D eigenvalue weighted by atomic mass is 15.2. The van der Waals surface area contributed by atoms with E-state index in [0.29, 0.717) is 6.04 Å². The second-order valence-electron chi connectivity index (χ2n) is 5.45. The molecule has 0 saturated carbocycles. The largest absolute Gasteiger partial charge is 0.356 e. The van der Waals surface area contributed by atoms with Crippen molar-refractivity contribution in [1.82, 2.24) is 10.3 Å². The van der Waals surface area contributed by atoms with Crippen LogP contribution in [0, 0.1) is 5.92 Å². The maximum atomic E-state index is 4.62. The van der Waals surface area contributed by atoms with E-state index in [9.17, 15) is 0 Å². The van der Waals surface area contributed by atoms with Gasteiger partial charge in [-0.15, -0.1) is 0 Å². The molecule has 1 aromatic heterocycles. The molecule has 1 aromatic rings. The molecule has 1 fully saturated rings. The van der Waals surface area contributed by atoms with E-state index in [0.717, 1.165) is 19.0 Å². The van der Waals surface area contributed by atoms with Gasteiger partial charge in [-0.1, -0.05) is 13.0 Å². The van der Waals surface area contributed by atoms with Gasteiger partial charge in [-0.2, -0.15) is 0 Å². The van der Waals surface area contributed by atoms with Gasteiger partial charge in [0.05, 0.1) is 0 Å². The van der Waals surface area contributed by atoms with Crippen LogP contribution in [-0.4, -0.2) is 25.1 Å². The third kappa shape index (κ3) is 3.02. The van der Waals surface area contributed by atoms with Gasteiger partial charge in [-0.05, 0) is 45.2 Å². The smallest absolute Gasteiger partial charge is 0.133 e. The summed E-state index contributed by atoms with van der Waals surface area (Å²) in [5.41, 5.74) is 1.31. The maximum absolute atomic E-state index is 4.62. The lowest BCUT2D eigenvalue weighted by Crippen LogP contribution is -2.28. The zero-order valence-electron chi connectivity index (χ0n) is 11.8. The van der Waals surface area contributed by atoms with Crippen molar-refractivity contribution in [1.29, 1.82) is 0 Å². The predicted octanol–water partition coefficient (Wildman–Crippen LogP) is 2.99. The molecular weight excluding hydrogens is 222 g/mol. The lowest BCUT2D eigenvalue weighted by molar-refractivity contribution is 0.521. The Morgan fingerprint density at radius 1 is 1.39 bits per heavy atom. The number of nitrogens with zero attached hydrogens (tertiary/aromatic N) is 2. The average Bonchev–Trinajstić information content (AvgIpc) is 2.62. The minimum absolute atomic E-state index is 0.356. The molecule has 100 valence electrons. The number of aromatic nitrogens is 1. The third-order valence-corrected chi connectivity index (χ3v) is 4.03. The first-order valence-corrected chi connectivity index (χ1v) is 7.09. The van der Waals surface area contributed by atoms with Gasteiger partial charge in [0, 0.05) is 30.9 Å². The SMILES string of the molecule is CNC(C)c1cccnc1N1CCCC(C)CC1. The van der Waals surface area contributed by atoms with Crippen molar-refractivity contribution in [2.45, 2.75) is 39.2 Å². The summed E-state index contributed by atoms with van der Waals surface area (Å²) in [6.07, 6.45) is 5.82. The minimum Gasteiger partial charge on any atom is -0.356 e. The van der Waals surface area contributed by atoms with Crippen LogP contribution < -0.4 is 10.2 Å². The van der Waals surface area contributed by atoms with Crippen molar-refractivity contribution in [2.75, 3.05) is 25.0 Å². The Hall–Kier alpha value is -1.09. The summed E-state index contributed by atoms with van der Waals surface area (Å²) in [5.74, 6) is 2.03. The van der Waals surface area contributed by atoms with Crippen molar-refractivity contribution in [3.05, 3.63) is 23.9 Å². The Labute approximate surface area is 111 Å². The summed E-state index contributed by atoms with van der Waals surface area (Å²) in [7, 11) is 2.01. The molecule has 0 bridgehead atoms. The van der Waals surface area contributed by atoms with Gasteiger partial charge in [-0.25, -0.2) is 4.98 Å². The lowest BCUT2D eigenvalue weighted by atomic mass is 10.0. The molecule has 0 spiro atoms. The Morgan fingerprint density at radius 3 is 3.00 bits per heavy atom. The standard InChI is InChI=1S/C15H25N3/c1-12-6-5-10-18(11-8-12)15-14(13(2)16-3)7-4-9-17-15/h4,7,9,12-13,16H,5-6,8,10-11H2,1-3H3. The van der Waals surface area contributed by atoms with Crippen LogP contribution in [0.3, 0.4) is 0 Å². The molecule has 2 unspecified atom stereocenters. The fraction of sp³-hybridized carbons (Fsp3) is 0.667. The van der Waals surface area contributed by atoms with Crippen molar-refractivity contribution in [3.63, 3.8) is 0 Å². The van der Waals surface area contributed by atoms with Gasteiger partial charge in [0.2, 0.25) is 0 Å². The first-order chi connectivity index (χ1) is 8.72. The van der Waals surface area contributed by atoms with Crippen LogP contribution in [0.25, 0.3) is 0 Å². The molecule has 2 atom stereocenters. The van der Waals surface area contributed by atoms with Crippen molar-refractivity contribution in [2.24, 2.45) is 5.92 Å². The van der Waals surface area contributed by atoms with Gasteiger partial charge < -0.3 is 10.2 Å². The van der Waals surface area contributed by atoms with Gasteiger partial charge in [0.15, 0.2) is 0 Å². The third-order valence-electron chi connectivity index (χ3n) is 4.03. The molecule has 18 heavy (non-hydrogen) atoms. The highest BCUT2D eigenvalue weighted by Gasteiger charge is 2.19. The highest BCUT2D eigenvalue weighted by Crippen LogP contribution is 2.27. The molecule has 1 aliphatic rings. The lowest BCUT2D eigenvalue weighted by Gasteiger charge is -2.26. The van der Waals surface area contributed by atoms with Crippen molar-refractivity contribution >= 4 is 5.82 Å². The summed E-state index contributed by atoms with van der Waals surface area (Å²) >= 11 is 0. The van der Waals surface area contributed by atoms with Gasteiger partial charge in [0.25, 0.3) is 0 Å². The monoisotopic (exact) mass is 247 g/mol. The molecule has 2 rings (SSSR count). The van der Waals surface area contributed by atoms with Crippen LogP contribution >= 0.6 is 0 Å². The van der Waals surface area contributed by atoms with E-state index in [2.05, 4.69) is 35.1 Å². The summed E-state index contributed by atoms with van der Waals surface area (Å²) in [5, 5.41) is 3.32. The molecule has 2 heterocycles. The van der Waals surface area contributed by atoms with Gasteiger partial charge in [-0.3, -0.25) is 0 Å². The van der Waals surface area contributed by atoms with Crippen molar-refractivity contribution in [3.8, 4) is 0 Å². The van der Waals surface area contributed by atoms with E-state index in [-0.39, 0.29) is 0 Å². The number of rotatable bonds is 3. The van der Waals surface area contributed by atoms with E-state index in [4.69, 9.17) is 0 Å². The molecular formula is C15H25N3. The second kappa shape index (κ2) is 6.19. The van der Waals surface area contributed by atoms with Gasteiger partial charge in [0.1, 0.15) is 5.82 Å². The normalized spacial score (nSPS) is 22.6. The zero-order valence-corrected chi connectivity index (χ0v) is 11.8. The summed E-state index contributed by atoms with van der Waals surface area (Å²) < 4.78 is 0. The number of nitrogens with one attached hydrogen (secondary N) is 1.